The molecular weight excluding hydrogens is 144 g/mol. The predicted molar refractivity (Wildman–Crippen MR) is 41.2 cm³/mol. The van der Waals surface area contributed by atoms with Crippen molar-refractivity contribution in [1.82, 2.24) is 0 Å². The van der Waals surface area contributed by atoms with Crippen molar-refractivity contribution in [3.63, 3.8) is 0 Å². The summed E-state index contributed by atoms with van der Waals surface area (Å²) in [5.41, 5.74) is 1.01. The molecule has 1 aliphatic heterocycles. The Hall–Kier alpha value is -0.380. The summed E-state index contributed by atoms with van der Waals surface area (Å²) >= 11 is 0. The van der Waals surface area contributed by atoms with Gasteiger partial charge in [0.15, 0.2) is 0 Å². The van der Waals surface area contributed by atoms with E-state index in [1.54, 1.807) is 0 Å². The van der Waals surface area contributed by atoms with Gasteiger partial charge in [0.1, 0.15) is 12.2 Å². The third-order valence-electron chi connectivity index (χ3n) is 1.87. The van der Waals surface area contributed by atoms with Crippen molar-refractivity contribution in [1.29, 1.82) is 0 Å². The van der Waals surface area contributed by atoms with Crippen LogP contribution < -0.4 is 0 Å². The Morgan fingerprint density at radius 1 is 1.82 bits per heavy atom. The van der Waals surface area contributed by atoms with Crippen LogP contribution in [0.5, 0.6) is 0 Å². The van der Waals surface area contributed by atoms with Crippen LogP contribution >= 0.6 is 0 Å². The highest BCUT2D eigenvalue weighted by Gasteiger charge is 2.22. The first kappa shape index (κ1) is 8.71. The first-order valence-electron chi connectivity index (χ1n) is 3.83. The molecule has 0 unspecified atom stereocenters. The van der Waals surface area contributed by atoms with E-state index in [0.29, 0.717) is 6.61 Å². The van der Waals surface area contributed by atoms with Gasteiger partial charge in [-0.15, -0.1) is 0 Å². The molecule has 1 heterocycles. The molecule has 0 aliphatic carbocycles. The first-order chi connectivity index (χ1) is 5.25. The van der Waals surface area contributed by atoms with Gasteiger partial charge in [-0.1, -0.05) is 6.08 Å². The second kappa shape index (κ2) is 3.85. The summed E-state index contributed by atoms with van der Waals surface area (Å²) < 4.78 is 5.26. The van der Waals surface area contributed by atoms with Crippen molar-refractivity contribution in [2.75, 3.05) is 13.2 Å². The Kier molecular flexibility index (Phi) is 3.05. The van der Waals surface area contributed by atoms with Gasteiger partial charge in [-0.2, -0.15) is 0 Å². The van der Waals surface area contributed by atoms with Gasteiger partial charge in [0, 0.05) is 0 Å². The summed E-state index contributed by atoms with van der Waals surface area (Å²) in [5, 5.41) is 17.9. The molecule has 0 saturated carbocycles. The standard InChI is InChI=1S/C8H14O3/c1-6-3-2-4-11-8(6)7(10)5-9/h3,7-10H,2,4-5H2,1H3/t7-,8-/m1/s1. The van der Waals surface area contributed by atoms with E-state index in [1.807, 2.05) is 13.0 Å². The molecule has 1 aliphatic rings. The second-order valence-electron chi connectivity index (χ2n) is 2.78. The Morgan fingerprint density at radius 2 is 2.55 bits per heavy atom. The van der Waals surface area contributed by atoms with Gasteiger partial charge in [-0.05, 0) is 18.9 Å². The van der Waals surface area contributed by atoms with Crippen molar-refractivity contribution in [3.05, 3.63) is 11.6 Å². The second-order valence-corrected chi connectivity index (χ2v) is 2.78. The third-order valence-corrected chi connectivity index (χ3v) is 1.87. The summed E-state index contributed by atoms with van der Waals surface area (Å²) in [4.78, 5) is 0. The lowest BCUT2D eigenvalue weighted by molar-refractivity contribution is -0.0431. The molecular formula is C8H14O3. The number of aliphatic hydroxyl groups is 2. The normalized spacial score (nSPS) is 27.9. The Morgan fingerprint density at radius 3 is 3.09 bits per heavy atom. The maximum Gasteiger partial charge on any atom is 0.107 e. The highest BCUT2D eigenvalue weighted by molar-refractivity contribution is 5.09. The number of aliphatic hydroxyl groups excluding tert-OH is 2. The van der Waals surface area contributed by atoms with Crippen LogP contribution in [0.2, 0.25) is 0 Å². The van der Waals surface area contributed by atoms with E-state index >= 15 is 0 Å². The van der Waals surface area contributed by atoms with E-state index in [2.05, 4.69) is 0 Å². The van der Waals surface area contributed by atoms with Crippen LogP contribution in [0.3, 0.4) is 0 Å². The van der Waals surface area contributed by atoms with Gasteiger partial charge in [-0.3, -0.25) is 0 Å². The molecule has 0 amide bonds. The van der Waals surface area contributed by atoms with Crippen LogP contribution in [0.4, 0.5) is 0 Å². The fraction of sp³-hybridized carbons (Fsp3) is 0.750. The maximum absolute atomic E-state index is 9.24. The minimum atomic E-state index is -0.772. The summed E-state index contributed by atoms with van der Waals surface area (Å²) in [6, 6.07) is 0. The van der Waals surface area contributed by atoms with Crippen LogP contribution in [-0.4, -0.2) is 35.6 Å². The van der Waals surface area contributed by atoms with E-state index in [1.165, 1.54) is 0 Å². The lowest BCUT2D eigenvalue weighted by atomic mass is 10.0. The Bertz CT molecular complexity index is 153. The fourth-order valence-electron chi connectivity index (χ4n) is 1.24. The lowest BCUT2D eigenvalue weighted by Gasteiger charge is -2.25. The predicted octanol–water partition coefficient (Wildman–Crippen LogP) is 0.0748. The highest BCUT2D eigenvalue weighted by Crippen LogP contribution is 2.16. The maximum atomic E-state index is 9.24. The molecule has 0 fully saturated rings. The van der Waals surface area contributed by atoms with Crippen LogP contribution in [0.1, 0.15) is 13.3 Å². The molecule has 0 spiro atoms. The fourth-order valence-corrected chi connectivity index (χ4v) is 1.24. The molecule has 0 saturated heterocycles. The van der Waals surface area contributed by atoms with Gasteiger partial charge >= 0.3 is 0 Å². The molecule has 2 N–H and O–H groups in total. The average molecular weight is 158 g/mol. The van der Waals surface area contributed by atoms with Crippen molar-refractivity contribution in [3.8, 4) is 0 Å². The smallest absolute Gasteiger partial charge is 0.107 e. The molecule has 1 rings (SSSR count). The number of hydrogen-bond donors (Lipinski definition) is 2. The first-order valence-corrected chi connectivity index (χ1v) is 3.83. The molecule has 3 heteroatoms. The minimum absolute atomic E-state index is 0.240. The quantitative estimate of drug-likeness (QED) is 0.559. The zero-order valence-electron chi connectivity index (χ0n) is 6.66. The summed E-state index contributed by atoms with van der Waals surface area (Å²) in [6.45, 7) is 2.30. The molecule has 64 valence electrons. The molecule has 0 bridgehead atoms. The third kappa shape index (κ3) is 2.02. The molecule has 3 nitrogen and oxygen atoms in total. The van der Waals surface area contributed by atoms with Crippen LogP contribution in [0.25, 0.3) is 0 Å². The van der Waals surface area contributed by atoms with Crippen molar-refractivity contribution in [2.45, 2.75) is 25.6 Å². The van der Waals surface area contributed by atoms with Crippen LogP contribution in [0.15, 0.2) is 11.6 Å². The average Bonchev–Trinajstić information content (AvgIpc) is 2.04. The molecule has 0 radical (unpaired) electrons. The van der Waals surface area contributed by atoms with E-state index < -0.39 is 6.10 Å². The van der Waals surface area contributed by atoms with Gasteiger partial charge in [0.25, 0.3) is 0 Å². The van der Waals surface area contributed by atoms with Crippen molar-refractivity contribution in [2.24, 2.45) is 0 Å². The summed E-state index contributed by atoms with van der Waals surface area (Å²) in [6.07, 6.45) is 1.87. The van der Waals surface area contributed by atoms with E-state index in [-0.39, 0.29) is 12.7 Å². The van der Waals surface area contributed by atoms with E-state index in [0.717, 1.165) is 12.0 Å². The van der Waals surface area contributed by atoms with Crippen LogP contribution in [0, 0.1) is 0 Å². The van der Waals surface area contributed by atoms with Crippen molar-refractivity contribution < 1.29 is 14.9 Å². The zero-order chi connectivity index (χ0) is 8.27. The Labute approximate surface area is 66.3 Å². The Balaban J connectivity index is 2.55. The largest absolute Gasteiger partial charge is 0.394 e. The molecule has 2 atom stereocenters. The monoisotopic (exact) mass is 158 g/mol. The molecule has 0 aromatic rings. The minimum Gasteiger partial charge on any atom is -0.394 e. The topological polar surface area (TPSA) is 49.7 Å². The SMILES string of the molecule is CC1=CCCO[C@H]1[C@H](O)CO. The van der Waals surface area contributed by atoms with Gasteiger partial charge in [0.05, 0.1) is 13.2 Å². The molecule has 0 aromatic heterocycles. The van der Waals surface area contributed by atoms with E-state index in [9.17, 15) is 5.11 Å². The van der Waals surface area contributed by atoms with Crippen LogP contribution in [-0.2, 0) is 4.74 Å². The summed E-state index contributed by atoms with van der Waals surface area (Å²) in [5.74, 6) is 0. The number of hydrogen-bond acceptors (Lipinski definition) is 3. The van der Waals surface area contributed by atoms with Gasteiger partial charge in [-0.25, -0.2) is 0 Å². The summed E-state index contributed by atoms with van der Waals surface area (Å²) in [7, 11) is 0. The zero-order valence-corrected chi connectivity index (χ0v) is 6.66. The van der Waals surface area contributed by atoms with Gasteiger partial charge < -0.3 is 14.9 Å². The van der Waals surface area contributed by atoms with Crippen molar-refractivity contribution >= 4 is 0 Å². The van der Waals surface area contributed by atoms with E-state index in [4.69, 9.17) is 9.84 Å². The van der Waals surface area contributed by atoms with Gasteiger partial charge in [0.2, 0.25) is 0 Å². The lowest BCUT2D eigenvalue weighted by Crippen LogP contribution is -2.35. The molecule has 0 aromatic carbocycles. The molecule has 11 heavy (non-hydrogen) atoms. The highest BCUT2D eigenvalue weighted by atomic mass is 16.5. The number of rotatable bonds is 2. The number of ether oxygens (including phenoxy) is 1.